The number of nitrogens with one attached hydrogen (secondary N) is 1. The first kappa shape index (κ1) is 19.3. The molecule has 1 saturated heterocycles. The summed E-state index contributed by atoms with van der Waals surface area (Å²) in [6.07, 6.45) is 3.30. The Hall–Kier alpha value is -2.44. The number of rotatable bonds is 5. The Morgan fingerprint density at radius 1 is 1.30 bits per heavy atom. The van der Waals surface area contributed by atoms with Gasteiger partial charge in [0.2, 0.25) is 5.91 Å². The molecule has 1 heterocycles. The number of carbonyl (C=O) groups is 3. The van der Waals surface area contributed by atoms with Gasteiger partial charge in [0.15, 0.2) is 6.10 Å². The highest BCUT2D eigenvalue weighted by Gasteiger charge is 2.40. The van der Waals surface area contributed by atoms with E-state index in [1.54, 1.807) is 24.0 Å². The molecule has 2 aliphatic rings. The smallest absolute Gasteiger partial charge is 0.312 e. The molecule has 3 rings (SSSR count). The molecule has 0 bridgehead atoms. The van der Waals surface area contributed by atoms with Gasteiger partial charge in [-0.15, -0.1) is 0 Å². The van der Waals surface area contributed by atoms with Crippen molar-refractivity contribution < 1.29 is 23.5 Å². The third kappa shape index (κ3) is 4.46. The normalized spacial score (nSPS) is 21.4. The Bertz CT molecular complexity index is 745. The van der Waals surface area contributed by atoms with Gasteiger partial charge >= 0.3 is 5.97 Å². The highest BCUT2D eigenvalue weighted by atomic mass is 19.1. The van der Waals surface area contributed by atoms with Gasteiger partial charge in [-0.25, -0.2) is 4.39 Å². The van der Waals surface area contributed by atoms with E-state index in [2.05, 4.69) is 5.32 Å². The first-order valence-electron chi connectivity index (χ1n) is 9.42. The van der Waals surface area contributed by atoms with Crippen LogP contribution in [0.5, 0.6) is 0 Å². The van der Waals surface area contributed by atoms with Crippen LogP contribution in [0.15, 0.2) is 18.2 Å². The predicted molar refractivity (Wildman–Crippen MR) is 97.4 cm³/mol. The number of esters is 1. The maximum atomic E-state index is 13.6. The molecule has 146 valence electrons. The van der Waals surface area contributed by atoms with E-state index in [0.29, 0.717) is 17.8 Å². The van der Waals surface area contributed by atoms with E-state index in [4.69, 9.17) is 4.74 Å². The van der Waals surface area contributed by atoms with Gasteiger partial charge in [-0.3, -0.25) is 14.4 Å². The van der Waals surface area contributed by atoms with E-state index in [1.807, 2.05) is 0 Å². The van der Waals surface area contributed by atoms with Gasteiger partial charge in [-0.2, -0.15) is 0 Å². The summed E-state index contributed by atoms with van der Waals surface area (Å²) < 4.78 is 18.8. The average molecular weight is 376 g/mol. The van der Waals surface area contributed by atoms with E-state index in [0.717, 1.165) is 25.7 Å². The van der Waals surface area contributed by atoms with E-state index in [-0.39, 0.29) is 18.4 Å². The molecule has 1 N–H and O–H groups in total. The SMILES string of the molecule is Cc1ccc(NC(=O)[C@@H](C)OC(=O)[C@H]2CC(=O)N(C3CCCC3)C2)cc1F. The quantitative estimate of drug-likeness (QED) is 0.802. The number of likely N-dealkylation sites (tertiary alicyclic amines) is 1. The molecule has 0 spiro atoms. The maximum Gasteiger partial charge on any atom is 0.312 e. The summed E-state index contributed by atoms with van der Waals surface area (Å²) >= 11 is 0. The highest BCUT2D eigenvalue weighted by Crippen LogP contribution is 2.30. The minimum atomic E-state index is -1.03. The number of nitrogens with zero attached hydrogens (tertiary/aromatic N) is 1. The van der Waals surface area contributed by atoms with E-state index >= 15 is 0 Å². The summed E-state index contributed by atoms with van der Waals surface area (Å²) in [5, 5.41) is 2.53. The summed E-state index contributed by atoms with van der Waals surface area (Å²) in [6.45, 7) is 3.45. The molecule has 2 fully saturated rings. The van der Waals surface area contributed by atoms with Crippen molar-refractivity contribution in [1.82, 2.24) is 4.90 Å². The lowest BCUT2D eigenvalue weighted by Gasteiger charge is -2.24. The number of hydrogen-bond acceptors (Lipinski definition) is 4. The zero-order valence-corrected chi connectivity index (χ0v) is 15.7. The van der Waals surface area contributed by atoms with E-state index in [1.165, 1.54) is 13.0 Å². The van der Waals surface area contributed by atoms with Crippen molar-refractivity contribution in [2.75, 3.05) is 11.9 Å². The fourth-order valence-corrected chi connectivity index (χ4v) is 3.70. The molecule has 0 radical (unpaired) electrons. The third-order valence-corrected chi connectivity index (χ3v) is 5.36. The van der Waals surface area contributed by atoms with Crippen LogP contribution in [-0.2, 0) is 19.1 Å². The van der Waals surface area contributed by atoms with Crippen LogP contribution in [-0.4, -0.2) is 41.4 Å². The predicted octanol–water partition coefficient (Wildman–Crippen LogP) is 2.80. The van der Waals surface area contributed by atoms with Crippen LogP contribution in [0, 0.1) is 18.7 Å². The lowest BCUT2D eigenvalue weighted by Crippen LogP contribution is -2.36. The molecule has 0 unspecified atom stereocenters. The van der Waals surface area contributed by atoms with Gasteiger partial charge in [0.05, 0.1) is 5.92 Å². The first-order valence-corrected chi connectivity index (χ1v) is 9.42. The molecule has 27 heavy (non-hydrogen) atoms. The van der Waals surface area contributed by atoms with Crippen molar-refractivity contribution in [2.45, 2.75) is 58.1 Å². The van der Waals surface area contributed by atoms with E-state index in [9.17, 15) is 18.8 Å². The number of aryl methyl sites for hydroxylation is 1. The summed E-state index contributed by atoms with van der Waals surface area (Å²) in [6, 6.07) is 4.59. The molecule has 1 aromatic carbocycles. The number of halogens is 1. The maximum absolute atomic E-state index is 13.6. The Morgan fingerprint density at radius 2 is 2.00 bits per heavy atom. The topological polar surface area (TPSA) is 75.7 Å². The fourth-order valence-electron chi connectivity index (χ4n) is 3.70. The molecule has 1 saturated carbocycles. The lowest BCUT2D eigenvalue weighted by atomic mass is 10.1. The lowest BCUT2D eigenvalue weighted by molar-refractivity contribution is -0.157. The molecule has 0 aromatic heterocycles. The molecule has 7 heteroatoms. The zero-order valence-electron chi connectivity index (χ0n) is 15.7. The summed E-state index contributed by atoms with van der Waals surface area (Å²) in [5.74, 6) is -2.06. The molecule has 6 nitrogen and oxygen atoms in total. The highest BCUT2D eigenvalue weighted by molar-refractivity contribution is 5.95. The Balaban J connectivity index is 1.53. The number of amides is 2. The second-order valence-electron chi connectivity index (χ2n) is 7.42. The van der Waals surface area contributed by atoms with Crippen LogP contribution in [0.4, 0.5) is 10.1 Å². The van der Waals surface area contributed by atoms with Crippen LogP contribution in [0.3, 0.4) is 0 Å². The molecule has 1 aromatic rings. The summed E-state index contributed by atoms with van der Waals surface area (Å²) in [4.78, 5) is 38.6. The van der Waals surface area contributed by atoms with Crippen molar-refractivity contribution in [1.29, 1.82) is 0 Å². The molecule has 1 aliphatic carbocycles. The first-order chi connectivity index (χ1) is 12.8. The van der Waals surface area contributed by atoms with Crippen molar-refractivity contribution in [2.24, 2.45) is 5.92 Å². The van der Waals surface area contributed by atoms with Crippen LogP contribution < -0.4 is 5.32 Å². The Kier molecular flexibility index (Phi) is 5.77. The van der Waals surface area contributed by atoms with Gasteiger partial charge in [0.25, 0.3) is 5.91 Å². The number of anilines is 1. The molecule has 1 aliphatic heterocycles. The van der Waals surface area contributed by atoms with Crippen LogP contribution in [0.2, 0.25) is 0 Å². The Morgan fingerprint density at radius 3 is 2.67 bits per heavy atom. The van der Waals surface area contributed by atoms with Gasteiger partial charge in [0, 0.05) is 24.7 Å². The van der Waals surface area contributed by atoms with E-state index < -0.39 is 29.7 Å². The second kappa shape index (κ2) is 8.06. The number of hydrogen-bond donors (Lipinski definition) is 1. The van der Waals surface area contributed by atoms with Crippen LogP contribution in [0.25, 0.3) is 0 Å². The zero-order chi connectivity index (χ0) is 19.6. The van der Waals surface area contributed by atoms with Gasteiger partial charge in [-0.05, 0) is 44.4 Å². The van der Waals surface area contributed by atoms with Crippen LogP contribution in [0.1, 0.15) is 44.6 Å². The monoisotopic (exact) mass is 376 g/mol. The number of ether oxygens (including phenoxy) is 1. The molecule has 2 amide bonds. The van der Waals surface area contributed by atoms with Crippen molar-refractivity contribution in [3.63, 3.8) is 0 Å². The van der Waals surface area contributed by atoms with Gasteiger partial charge in [-0.1, -0.05) is 18.9 Å². The summed E-state index contributed by atoms with van der Waals surface area (Å²) in [7, 11) is 0. The number of carbonyl (C=O) groups excluding carboxylic acids is 3. The largest absolute Gasteiger partial charge is 0.452 e. The number of benzene rings is 1. The third-order valence-electron chi connectivity index (χ3n) is 5.36. The standard InChI is InChI=1S/C20H25FN2O4/c1-12-7-8-15(10-17(12)21)22-19(25)13(2)27-20(26)14-9-18(24)23(11-14)16-5-3-4-6-16/h7-8,10,13-14,16H,3-6,9,11H2,1-2H3,(H,22,25)/t13-,14+/m1/s1. The van der Waals surface area contributed by atoms with Crippen molar-refractivity contribution >= 4 is 23.5 Å². The van der Waals surface area contributed by atoms with Crippen molar-refractivity contribution in [3.05, 3.63) is 29.6 Å². The fraction of sp³-hybridized carbons (Fsp3) is 0.550. The minimum Gasteiger partial charge on any atom is -0.452 e. The van der Waals surface area contributed by atoms with Gasteiger partial charge in [0.1, 0.15) is 5.82 Å². The minimum absolute atomic E-state index is 0.0175. The molecular weight excluding hydrogens is 351 g/mol. The second-order valence-corrected chi connectivity index (χ2v) is 7.42. The molecular formula is C20H25FN2O4. The molecule has 2 atom stereocenters. The average Bonchev–Trinajstić information content (AvgIpc) is 3.27. The van der Waals surface area contributed by atoms with Crippen molar-refractivity contribution in [3.8, 4) is 0 Å². The van der Waals surface area contributed by atoms with Crippen LogP contribution >= 0.6 is 0 Å². The van der Waals surface area contributed by atoms with Gasteiger partial charge < -0.3 is 15.0 Å². The Labute approximate surface area is 158 Å². The summed E-state index contributed by atoms with van der Waals surface area (Å²) in [5.41, 5.74) is 0.777.